The summed E-state index contributed by atoms with van der Waals surface area (Å²) in [4.78, 5) is 35.5. The summed E-state index contributed by atoms with van der Waals surface area (Å²) in [7, 11) is -4.06. The predicted octanol–water partition coefficient (Wildman–Crippen LogP) is 3.11. The zero-order chi connectivity index (χ0) is 24.6. The third-order valence-corrected chi connectivity index (χ3v) is 6.12. The lowest BCUT2D eigenvalue weighted by Gasteiger charge is -2.23. The number of sulfonamides is 1. The quantitative estimate of drug-likeness (QED) is 0.409. The molecule has 0 spiro atoms. The first-order chi connectivity index (χ1) is 15.5. The number of urea groups is 1. The van der Waals surface area contributed by atoms with E-state index in [1.54, 1.807) is 38.1 Å². The van der Waals surface area contributed by atoms with Crippen LogP contribution in [0, 0.1) is 0 Å². The molecule has 0 saturated carbocycles. The number of carbonyl (C=O) groups is 3. The summed E-state index contributed by atoms with van der Waals surface area (Å²) in [5.41, 5.74) is 0.286. The Morgan fingerprint density at radius 1 is 1.15 bits per heavy atom. The fraction of sp³-hybridized carbons (Fsp3) is 0.227. The van der Waals surface area contributed by atoms with Gasteiger partial charge in [-0.1, -0.05) is 23.7 Å². The second-order valence-electron chi connectivity index (χ2n) is 7.08. The molecule has 11 heteroatoms. The zero-order valence-electron chi connectivity index (χ0n) is 18.1. The smallest absolute Gasteiger partial charge is 0.338 e. The summed E-state index contributed by atoms with van der Waals surface area (Å²) in [6, 6.07) is 10.5. The summed E-state index contributed by atoms with van der Waals surface area (Å²) in [5.74, 6) is -1.75. The molecule has 9 nitrogen and oxygen atoms in total. The van der Waals surface area contributed by atoms with Gasteiger partial charge in [-0.05, 0) is 56.3 Å². The predicted molar refractivity (Wildman–Crippen MR) is 125 cm³/mol. The van der Waals surface area contributed by atoms with Gasteiger partial charge in [0.2, 0.25) is 0 Å². The number of anilines is 1. The van der Waals surface area contributed by atoms with Crippen molar-refractivity contribution < 1.29 is 27.5 Å². The fourth-order valence-electron chi connectivity index (χ4n) is 2.65. The lowest BCUT2D eigenvalue weighted by Crippen LogP contribution is -2.44. The molecule has 33 heavy (non-hydrogen) atoms. The number of rotatable bonds is 9. The van der Waals surface area contributed by atoms with Crippen LogP contribution in [0.1, 0.15) is 24.2 Å². The Morgan fingerprint density at radius 3 is 2.42 bits per heavy atom. The van der Waals surface area contributed by atoms with Crippen LogP contribution < -0.4 is 14.9 Å². The third kappa shape index (κ3) is 7.33. The lowest BCUT2D eigenvalue weighted by molar-refractivity contribution is -0.123. The van der Waals surface area contributed by atoms with Crippen molar-refractivity contribution >= 4 is 45.2 Å². The molecule has 3 amide bonds. The Bertz CT molecular complexity index is 1130. The molecule has 2 aromatic rings. The molecule has 176 valence electrons. The Hall–Kier alpha value is -3.37. The SMILES string of the molecule is C=CCN(c1ccc(Cl)cc1)S(=O)(=O)c1cccc(C(=O)OCC(=O)NC(=O)NC(C)C)c1. The number of nitrogens with one attached hydrogen (secondary N) is 2. The summed E-state index contributed by atoms with van der Waals surface area (Å²) in [6.07, 6.45) is 1.43. The second-order valence-corrected chi connectivity index (χ2v) is 9.38. The number of carbonyl (C=O) groups excluding carboxylic acids is 3. The van der Waals surface area contributed by atoms with Gasteiger partial charge in [0.1, 0.15) is 0 Å². The number of nitrogens with zero attached hydrogens (tertiary/aromatic N) is 1. The van der Waals surface area contributed by atoms with Gasteiger partial charge in [0.15, 0.2) is 6.61 Å². The van der Waals surface area contributed by atoms with Crippen LogP contribution in [0.2, 0.25) is 5.02 Å². The maximum Gasteiger partial charge on any atom is 0.338 e. The van der Waals surface area contributed by atoms with Crippen LogP contribution in [0.15, 0.2) is 66.1 Å². The van der Waals surface area contributed by atoms with E-state index < -0.39 is 34.5 Å². The molecule has 0 aliphatic carbocycles. The highest BCUT2D eigenvalue weighted by atomic mass is 35.5. The maximum absolute atomic E-state index is 13.2. The molecule has 0 bridgehead atoms. The Morgan fingerprint density at radius 2 is 1.82 bits per heavy atom. The van der Waals surface area contributed by atoms with E-state index in [4.69, 9.17) is 16.3 Å². The molecule has 0 atom stereocenters. The first-order valence-corrected chi connectivity index (χ1v) is 11.6. The van der Waals surface area contributed by atoms with E-state index in [-0.39, 0.29) is 23.0 Å². The molecule has 0 heterocycles. The van der Waals surface area contributed by atoms with Crippen LogP contribution in [0.25, 0.3) is 0 Å². The average Bonchev–Trinajstić information content (AvgIpc) is 2.76. The van der Waals surface area contributed by atoms with Crippen molar-refractivity contribution in [3.8, 4) is 0 Å². The summed E-state index contributed by atoms with van der Waals surface area (Å²) >= 11 is 5.89. The Labute approximate surface area is 197 Å². The molecule has 0 fully saturated rings. The normalized spacial score (nSPS) is 10.9. The minimum Gasteiger partial charge on any atom is -0.452 e. The van der Waals surface area contributed by atoms with E-state index in [9.17, 15) is 22.8 Å². The van der Waals surface area contributed by atoms with E-state index in [0.717, 1.165) is 10.4 Å². The number of amides is 3. The molecule has 2 aromatic carbocycles. The van der Waals surface area contributed by atoms with Gasteiger partial charge in [-0.2, -0.15) is 0 Å². The largest absolute Gasteiger partial charge is 0.452 e. The van der Waals surface area contributed by atoms with Gasteiger partial charge in [-0.25, -0.2) is 18.0 Å². The van der Waals surface area contributed by atoms with Gasteiger partial charge in [0.25, 0.3) is 15.9 Å². The molecular weight excluding hydrogens is 470 g/mol. The average molecular weight is 494 g/mol. The standard InChI is InChI=1S/C22H24ClN3O6S/c1-4-12-26(18-10-8-17(23)9-11-18)33(30,31)19-7-5-6-16(13-19)21(28)32-14-20(27)25-22(29)24-15(2)3/h4-11,13,15H,1,12,14H2,2-3H3,(H2,24,25,27,29). The van der Waals surface area contributed by atoms with E-state index in [2.05, 4.69) is 11.9 Å². The molecule has 2 N–H and O–H groups in total. The van der Waals surface area contributed by atoms with Crippen LogP contribution >= 0.6 is 11.6 Å². The van der Waals surface area contributed by atoms with Crippen molar-refractivity contribution in [3.63, 3.8) is 0 Å². The number of halogens is 1. The second kappa shape index (κ2) is 11.5. The van der Waals surface area contributed by atoms with Gasteiger partial charge in [0, 0.05) is 11.1 Å². The molecule has 0 radical (unpaired) electrons. The van der Waals surface area contributed by atoms with E-state index in [1.807, 2.05) is 5.32 Å². The van der Waals surface area contributed by atoms with Crippen LogP contribution in [0.4, 0.5) is 10.5 Å². The first kappa shape index (κ1) is 25.9. The molecule has 0 unspecified atom stereocenters. The number of hydrogen-bond acceptors (Lipinski definition) is 6. The van der Waals surface area contributed by atoms with E-state index >= 15 is 0 Å². The van der Waals surface area contributed by atoms with Gasteiger partial charge in [0.05, 0.1) is 22.7 Å². The lowest BCUT2D eigenvalue weighted by atomic mass is 10.2. The molecule has 0 aromatic heterocycles. The van der Waals surface area contributed by atoms with Gasteiger partial charge >= 0.3 is 12.0 Å². The van der Waals surface area contributed by atoms with Crippen molar-refractivity contribution in [3.05, 3.63) is 71.8 Å². The number of ether oxygens (including phenoxy) is 1. The Kier molecular flexibility index (Phi) is 9.01. The van der Waals surface area contributed by atoms with Crippen molar-refractivity contribution in [1.29, 1.82) is 0 Å². The van der Waals surface area contributed by atoms with Gasteiger partial charge in [-0.15, -0.1) is 6.58 Å². The minimum atomic E-state index is -4.06. The number of imide groups is 1. The van der Waals surface area contributed by atoms with Crippen LogP contribution in [0.5, 0.6) is 0 Å². The topological polar surface area (TPSA) is 122 Å². The van der Waals surface area contributed by atoms with Crippen molar-refractivity contribution in [2.45, 2.75) is 24.8 Å². The minimum absolute atomic E-state index is 0.0166. The molecule has 2 rings (SSSR count). The number of esters is 1. The van der Waals surface area contributed by atoms with Gasteiger partial charge < -0.3 is 10.1 Å². The monoisotopic (exact) mass is 493 g/mol. The summed E-state index contributed by atoms with van der Waals surface area (Å²) in [6.45, 7) is 6.30. The highest BCUT2D eigenvalue weighted by Crippen LogP contribution is 2.25. The summed E-state index contributed by atoms with van der Waals surface area (Å²) < 4.78 is 32.5. The maximum atomic E-state index is 13.2. The highest BCUT2D eigenvalue weighted by Gasteiger charge is 2.25. The molecule has 0 aliphatic heterocycles. The fourth-order valence-corrected chi connectivity index (χ4v) is 4.26. The van der Waals surface area contributed by atoms with Crippen LogP contribution in [0.3, 0.4) is 0 Å². The first-order valence-electron chi connectivity index (χ1n) is 9.81. The summed E-state index contributed by atoms with van der Waals surface area (Å²) in [5, 5.41) is 4.92. The molecular formula is C22H24ClN3O6S. The Balaban J connectivity index is 2.17. The molecule has 0 aliphatic rings. The molecule has 0 saturated heterocycles. The highest BCUT2D eigenvalue weighted by molar-refractivity contribution is 7.92. The number of hydrogen-bond donors (Lipinski definition) is 2. The van der Waals surface area contributed by atoms with Crippen molar-refractivity contribution in [2.75, 3.05) is 17.5 Å². The van der Waals surface area contributed by atoms with Crippen molar-refractivity contribution in [1.82, 2.24) is 10.6 Å². The van der Waals surface area contributed by atoms with Crippen molar-refractivity contribution in [2.24, 2.45) is 0 Å². The number of benzene rings is 2. The zero-order valence-corrected chi connectivity index (χ0v) is 19.7. The van der Waals surface area contributed by atoms with Gasteiger partial charge in [-0.3, -0.25) is 14.4 Å². The van der Waals surface area contributed by atoms with E-state index in [0.29, 0.717) is 10.7 Å². The van der Waals surface area contributed by atoms with Crippen LogP contribution in [-0.4, -0.2) is 45.5 Å². The van der Waals surface area contributed by atoms with E-state index in [1.165, 1.54) is 24.3 Å². The third-order valence-electron chi connectivity index (χ3n) is 4.07. The van der Waals surface area contributed by atoms with Crippen LogP contribution in [-0.2, 0) is 19.6 Å².